The van der Waals surface area contributed by atoms with Gasteiger partial charge in [0.1, 0.15) is 0 Å². The molecule has 33 heavy (non-hydrogen) atoms. The first kappa shape index (κ1) is 22.4. The number of nitrogens with zero attached hydrogens (tertiary/aromatic N) is 1. The van der Waals surface area contributed by atoms with Crippen LogP contribution in [-0.4, -0.2) is 36.1 Å². The highest BCUT2D eigenvalue weighted by Crippen LogP contribution is 2.38. The van der Waals surface area contributed by atoms with Gasteiger partial charge in [-0.15, -0.1) is 0 Å². The predicted molar refractivity (Wildman–Crippen MR) is 133 cm³/mol. The summed E-state index contributed by atoms with van der Waals surface area (Å²) >= 11 is 0. The Morgan fingerprint density at radius 3 is 2.24 bits per heavy atom. The van der Waals surface area contributed by atoms with Crippen molar-refractivity contribution in [2.75, 3.05) is 20.3 Å². The van der Waals surface area contributed by atoms with Crippen LogP contribution in [0.25, 0.3) is 10.9 Å². The molecule has 1 aromatic heterocycles. The maximum absolute atomic E-state index is 11.0. The van der Waals surface area contributed by atoms with Crippen LogP contribution in [0.15, 0.2) is 71.7 Å². The van der Waals surface area contributed by atoms with Gasteiger partial charge in [-0.25, -0.2) is 4.99 Å². The summed E-state index contributed by atoms with van der Waals surface area (Å²) in [5, 5.41) is 14.9. The average molecular weight is 444 g/mol. The minimum absolute atomic E-state index is 0.0514. The number of fused-ring (bicyclic) bond motifs is 1. The number of H-pyrrole nitrogens is 1. The van der Waals surface area contributed by atoms with Crippen molar-refractivity contribution in [2.45, 2.75) is 20.4 Å². The number of rotatable bonds is 9. The number of hydrogen-bond donors (Lipinski definition) is 3. The molecule has 0 saturated carbocycles. The Bertz CT molecular complexity index is 1250. The quantitative estimate of drug-likeness (QED) is 0.296. The van der Waals surface area contributed by atoms with Gasteiger partial charge < -0.3 is 24.9 Å². The number of aliphatic imine (C=N–C) groups is 1. The molecule has 170 valence electrons. The fraction of sp³-hybridized carbons (Fsp3) is 0.222. The summed E-state index contributed by atoms with van der Waals surface area (Å²) in [5.74, 6) is 1.32. The topological polar surface area (TPSA) is 78.9 Å². The van der Waals surface area contributed by atoms with E-state index in [-0.39, 0.29) is 5.88 Å². The average Bonchev–Trinajstić information content (AvgIpc) is 3.14. The lowest BCUT2D eigenvalue weighted by atomic mass is 10.0. The van der Waals surface area contributed by atoms with E-state index in [1.807, 2.05) is 75.5 Å². The molecule has 0 amide bonds. The molecule has 0 saturated heterocycles. The molecule has 0 aliphatic heterocycles. The molecule has 0 atom stereocenters. The van der Waals surface area contributed by atoms with Crippen LogP contribution < -0.4 is 14.8 Å². The summed E-state index contributed by atoms with van der Waals surface area (Å²) in [6.45, 7) is 5.69. The number of aromatic hydroxyl groups is 1. The van der Waals surface area contributed by atoms with Crippen LogP contribution in [0.5, 0.6) is 17.4 Å². The zero-order valence-corrected chi connectivity index (χ0v) is 19.2. The summed E-state index contributed by atoms with van der Waals surface area (Å²) in [6, 6.07) is 21.7. The van der Waals surface area contributed by atoms with Crippen LogP contribution in [0, 0.1) is 0 Å². The number of aromatic nitrogens is 1. The number of nitrogens with one attached hydrogen (secondary N) is 2. The van der Waals surface area contributed by atoms with Crippen molar-refractivity contribution in [3.05, 3.63) is 83.4 Å². The highest BCUT2D eigenvalue weighted by molar-refractivity contribution is 6.22. The number of ether oxygens (including phenoxy) is 2. The molecule has 4 rings (SSSR count). The first-order valence-corrected chi connectivity index (χ1v) is 11.2. The lowest BCUT2D eigenvalue weighted by Gasteiger charge is -2.12. The second-order valence-corrected chi connectivity index (χ2v) is 7.58. The molecule has 6 nitrogen and oxygen atoms in total. The van der Waals surface area contributed by atoms with Gasteiger partial charge in [-0.2, -0.15) is 0 Å². The Hall–Kier alpha value is -3.77. The molecule has 0 spiro atoms. The van der Waals surface area contributed by atoms with Gasteiger partial charge >= 0.3 is 0 Å². The van der Waals surface area contributed by atoms with E-state index in [9.17, 15) is 5.11 Å². The molecular formula is C27H29N3O3. The van der Waals surface area contributed by atoms with Gasteiger partial charge in [-0.1, -0.05) is 42.5 Å². The molecule has 0 radical (unpaired) electrons. The van der Waals surface area contributed by atoms with E-state index >= 15 is 0 Å². The maximum atomic E-state index is 11.0. The van der Waals surface area contributed by atoms with Crippen molar-refractivity contribution in [1.29, 1.82) is 0 Å². The van der Waals surface area contributed by atoms with Crippen LogP contribution >= 0.6 is 0 Å². The zero-order chi connectivity index (χ0) is 23.2. The Morgan fingerprint density at radius 2 is 1.61 bits per heavy atom. The van der Waals surface area contributed by atoms with E-state index < -0.39 is 0 Å². The fourth-order valence-corrected chi connectivity index (χ4v) is 3.85. The van der Waals surface area contributed by atoms with Crippen molar-refractivity contribution in [1.82, 2.24) is 10.3 Å². The first-order valence-electron chi connectivity index (χ1n) is 11.2. The molecule has 0 aliphatic carbocycles. The number of aromatic amines is 1. The third-order valence-electron chi connectivity index (χ3n) is 5.28. The molecule has 3 N–H and O–H groups in total. The minimum atomic E-state index is 0.0514. The van der Waals surface area contributed by atoms with Crippen LogP contribution in [0.1, 0.15) is 30.5 Å². The van der Waals surface area contributed by atoms with Gasteiger partial charge in [0, 0.05) is 23.6 Å². The Morgan fingerprint density at radius 1 is 0.939 bits per heavy atom. The SMILES string of the molecule is CCOc1cc2[nH]c(O)c(C(=Nc3ccc(CNC)cc3)c3ccccc3)c2cc1OCC. The standard InChI is InChI=1S/C27H29N3O3/c1-4-32-23-15-21-22(16-24(23)33-5-2)30-27(31)25(21)26(19-9-7-6-8-10-19)29-20-13-11-18(12-14-20)17-28-3/h6-16,28,30-31H,4-5,17H2,1-3H3. The number of benzene rings is 3. The molecular weight excluding hydrogens is 414 g/mol. The molecule has 0 aliphatic rings. The molecule has 1 heterocycles. The summed E-state index contributed by atoms with van der Waals surface area (Å²) < 4.78 is 11.6. The third kappa shape index (κ3) is 4.86. The van der Waals surface area contributed by atoms with Gasteiger partial charge in [0.25, 0.3) is 0 Å². The molecule has 4 aromatic rings. The molecule has 0 unspecified atom stereocenters. The second-order valence-electron chi connectivity index (χ2n) is 7.58. The summed E-state index contributed by atoms with van der Waals surface area (Å²) in [6.07, 6.45) is 0. The van der Waals surface area contributed by atoms with Crippen molar-refractivity contribution < 1.29 is 14.6 Å². The Labute approximate surface area is 193 Å². The molecule has 6 heteroatoms. The normalized spacial score (nSPS) is 11.7. The molecule has 3 aromatic carbocycles. The van der Waals surface area contributed by atoms with E-state index in [0.29, 0.717) is 36.0 Å². The maximum Gasteiger partial charge on any atom is 0.199 e. The van der Waals surface area contributed by atoms with Gasteiger partial charge in [-0.05, 0) is 44.7 Å². The Kier molecular flexibility index (Phi) is 6.95. The van der Waals surface area contributed by atoms with E-state index in [1.165, 1.54) is 5.56 Å². The third-order valence-corrected chi connectivity index (χ3v) is 5.28. The lowest BCUT2D eigenvalue weighted by molar-refractivity contribution is 0.288. The van der Waals surface area contributed by atoms with E-state index in [0.717, 1.165) is 28.7 Å². The van der Waals surface area contributed by atoms with Gasteiger partial charge in [0.05, 0.1) is 35.7 Å². The van der Waals surface area contributed by atoms with E-state index in [4.69, 9.17) is 14.5 Å². The predicted octanol–water partition coefficient (Wildman–Crippen LogP) is 5.56. The highest BCUT2D eigenvalue weighted by atomic mass is 16.5. The summed E-state index contributed by atoms with van der Waals surface area (Å²) in [4.78, 5) is 8.05. The van der Waals surface area contributed by atoms with Gasteiger partial charge in [0.2, 0.25) is 0 Å². The van der Waals surface area contributed by atoms with Crippen molar-refractivity contribution >= 4 is 22.3 Å². The number of hydrogen-bond acceptors (Lipinski definition) is 5. The van der Waals surface area contributed by atoms with Crippen molar-refractivity contribution in [3.8, 4) is 17.4 Å². The highest BCUT2D eigenvalue weighted by Gasteiger charge is 2.21. The van der Waals surface area contributed by atoms with E-state index in [1.54, 1.807) is 0 Å². The summed E-state index contributed by atoms with van der Waals surface area (Å²) in [5.41, 5.74) is 4.94. The second kappa shape index (κ2) is 10.2. The van der Waals surface area contributed by atoms with Crippen LogP contribution in [-0.2, 0) is 6.54 Å². The Balaban J connectivity index is 1.90. The summed E-state index contributed by atoms with van der Waals surface area (Å²) in [7, 11) is 1.92. The fourth-order valence-electron chi connectivity index (χ4n) is 3.85. The lowest BCUT2D eigenvalue weighted by Crippen LogP contribution is -2.05. The minimum Gasteiger partial charge on any atom is -0.494 e. The molecule has 0 bridgehead atoms. The van der Waals surface area contributed by atoms with Crippen LogP contribution in [0.3, 0.4) is 0 Å². The monoisotopic (exact) mass is 443 g/mol. The van der Waals surface area contributed by atoms with Crippen molar-refractivity contribution in [3.63, 3.8) is 0 Å². The van der Waals surface area contributed by atoms with Gasteiger partial charge in [0.15, 0.2) is 17.4 Å². The van der Waals surface area contributed by atoms with Crippen LogP contribution in [0.4, 0.5) is 5.69 Å². The van der Waals surface area contributed by atoms with E-state index in [2.05, 4.69) is 22.4 Å². The largest absolute Gasteiger partial charge is 0.494 e. The van der Waals surface area contributed by atoms with Crippen molar-refractivity contribution in [2.24, 2.45) is 4.99 Å². The first-order chi connectivity index (χ1) is 16.1. The zero-order valence-electron chi connectivity index (χ0n) is 19.2. The van der Waals surface area contributed by atoms with Crippen LogP contribution in [0.2, 0.25) is 0 Å². The van der Waals surface area contributed by atoms with Gasteiger partial charge in [-0.3, -0.25) is 0 Å². The smallest absolute Gasteiger partial charge is 0.199 e. The molecule has 0 fully saturated rings.